The number of halogens is 1. The Bertz CT molecular complexity index is 398. The van der Waals surface area contributed by atoms with Gasteiger partial charge >= 0.3 is 0 Å². The molecule has 0 N–H and O–H groups in total. The molecule has 1 aromatic heterocycles. The highest BCUT2D eigenvalue weighted by Gasteiger charge is 2.29. The van der Waals surface area contributed by atoms with Gasteiger partial charge in [0.15, 0.2) is 0 Å². The molecule has 1 amide bonds. The number of alkyl halides is 1. The van der Waals surface area contributed by atoms with Crippen LogP contribution in [0.15, 0.2) is 6.20 Å². The Labute approximate surface area is 101 Å². The summed E-state index contributed by atoms with van der Waals surface area (Å²) in [7, 11) is 3.58. The average Bonchev–Trinajstić information content (AvgIpc) is 2.58. The number of rotatable bonds is 3. The van der Waals surface area contributed by atoms with Gasteiger partial charge in [0.2, 0.25) is 0 Å². The zero-order chi connectivity index (χ0) is 12.5. The quantitative estimate of drug-likeness (QED) is 0.760. The maximum Gasteiger partial charge on any atom is 0.257 e. The summed E-state index contributed by atoms with van der Waals surface area (Å²) < 4.78 is 1.69. The van der Waals surface area contributed by atoms with Crippen molar-refractivity contribution in [1.29, 1.82) is 0 Å². The molecule has 16 heavy (non-hydrogen) atoms. The van der Waals surface area contributed by atoms with Crippen LogP contribution in [0.4, 0.5) is 0 Å². The molecule has 0 aliphatic carbocycles. The Balaban J connectivity index is 2.99. The van der Waals surface area contributed by atoms with Gasteiger partial charge in [0, 0.05) is 25.7 Å². The third-order valence-electron chi connectivity index (χ3n) is 3.01. The SMILES string of the molecule is Cc1c(C(=O)N(C)C(C)(C)CCl)cnn1C. The van der Waals surface area contributed by atoms with E-state index in [4.69, 9.17) is 11.6 Å². The first-order valence-corrected chi connectivity index (χ1v) is 5.67. The van der Waals surface area contributed by atoms with Gasteiger partial charge in [0.25, 0.3) is 5.91 Å². The summed E-state index contributed by atoms with van der Waals surface area (Å²) in [5, 5.41) is 4.06. The van der Waals surface area contributed by atoms with Crippen molar-refractivity contribution >= 4 is 17.5 Å². The average molecular weight is 244 g/mol. The second-order valence-corrected chi connectivity index (χ2v) is 4.84. The fourth-order valence-corrected chi connectivity index (χ4v) is 1.43. The van der Waals surface area contributed by atoms with Gasteiger partial charge in [-0.2, -0.15) is 5.10 Å². The number of hydrogen-bond donors (Lipinski definition) is 0. The Hall–Kier alpha value is -1.03. The summed E-state index contributed by atoms with van der Waals surface area (Å²) in [6.45, 7) is 5.75. The zero-order valence-electron chi connectivity index (χ0n) is 10.4. The second kappa shape index (κ2) is 4.45. The lowest BCUT2D eigenvalue weighted by molar-refractivity contribution is 0.0659. The van der Waals surface area contributed by atoms with Crippen LogP contribution in [0.2, 0.25) is 0 Å². The summed E-state index contributed by atoms with van der Waals surface area (Å²) in [5.74, 6) is 0.352. The fourth-order valence-electron chi connectivity index (χ4n) is 1.25. The van der Waals surface area contributed by atoms with Crippen LogP contribution in [0.3, 0.4) is 0 Å². The van der Waals surface area contributed by atoms with Gasteiger partial charge in [-0.15, -0.1) is 11.6 Å². The number of aryl methyl sites for hydroxylation is 1. The third-order valence-corrected chi connectivity index (χ3v) is 3.66. The van der Waals surface area contributed by atoms with E-state index in [9.17, 15) is 4.79 Å². The maximum absolute atomic E-state index is 12.2. The largest absolute Gasteiger partial charge is 0.335 e. The number of carbonyl (C=O) groups excluding carboxylic acids is 1. The van der Waals surface area contributed by atoms with E-state index in [-0.39, 0.29) is 11.4 Å². The lowest BCUT2D eigenvalue weighted by Gasteiger charge is -2.33. The molecule has 0 aliphatic rings. The number of carbonyl (C=O) groups is 1. The fraction of sp³-hybridized carbons (Fsp3) is 0.636. The molecular weight excluding hydrogens is 226 g/mol. The monoisotopic (exact) mass is 243 g/mol. The summed E-state index contributed by atoms with van der Waals surface area (Å²) in [6.07, 6.45) is 1.60. The molecule has 0 fully saturated rings. The van der Waals surface area contributed by atoms with E-state index in [2.05, 4.69) is 5.10 Å². The highest BCUT2D eigenvalue weighted by molar-refractivity contribution is 6.18. The molecule has 0 radical (unpaired) electrons. The minimum Gasteiger partial charge on any atom is -0.335 e. The lowest BCUT2D eigenvalue weighted by Crippen LogP contribution is -2.46. The van der Waals surface area contributed by atoms with E-state index in [0.717, 1.165) is 5.69 Å². The molecule has 90 valence electrons. The van der Waals surface area contributed by atoms with Crippen molar-refractivity contribution in [3.8, 4) is 0 Å². The van der Waals surface area contributed by atoms with Crippen LogP contribution in [0.1, 0.15) is 29.9 Å². The topological polar surface area (TPSA) is 38.1 Å². The molecule has 5 heteroatoms. The summed E-state index contributed by atoms with van der Waals surface area (Å²) in [6, 6.07) is 0. The van der Waals surface area contributed by atoms with Crippen LogP contribution in [-0.4, -0.2) is 39.1 Å². The number of aromatic nitrogens is 2. The van der Waals surface area contributed by atoms with Crippen molar-refractivity contribution in [3.63, 3.8) is 0 Å². The standard InChI is InChI=1S/C11H18ClN3O/c1-8-9(6-13-15(8)5)10(16)14(4)11(2,3)7-12/h6H,7H2,1-5H3. The van der Waals surface area contributed by atoms with Gasteiger partial charge < -0.3 is 4.90 Å². The van der Waals surface area contributed by atoms with E-state index in [1.54, 1.807) is 22.8 Å². The first kappa shape index (κ1) is 13.0. The van der Waals surface area contributed by atoms with Crippen molar-refractivity contribution in [3.05, 3.63) is 17.5 Å². The number of amides is 1. The summed E-state index contributed by atoms with van der Waals surface area (Å²) in [5.41, 5.74) is 1.13. The van der Waals surface area contributed by atoms with Gasteiger partial charge in [-0.1, -0.05) is 0 Å². The molecule has 0 unspecified atom stereocenters. The Morgan fingerprint density at radius 2 is 2.19 bits per heavy atom. The molecule has 1 rings (SSSR count). The molecule has 0 saturated heterocycles. The van der Waals surface area contributed by atoms with Crippen LogP contribution in [0.25, 0.3) is 0 Å². The van der Waals surface area contributed by atoms with Gasteiger partial charge in [-0.3, -0.25) is 9.48 Å². The maximum atomic E-state index is 12.2. The smallest absolute Gasteiger partial charge is 0.257 e. The van der Waals surface area contributed by atoms with E-state index in [1.165, 1.54) is 0 Å². The van der Waals surface area contributed by atoms with E-state index in [0.29, 0.717) is 11.4 Å². The van der Waals surface area contributed by atoms with Gasteiger partial charge in [-0.25, -0.2) is 0 Å². The molecule has 0 saturated carbocycles. The van der Waals surface area contributed by atoms with E-state index >= 15 is 0 Å². The Kier molecular flexibility index (Phi) is 3.63. The second-order valence-electron chi connectivity index (χ2n) is 4.58. The first-order chi connectivity index (χ1) is 7.31. The van der Waals surface area contributed by atoms with Crippen LogP contribution in [0.5, 0.6) is 0 Å². The van der Waals surface area contributed by atoms with E-state index in [1.807, 2.05) is 27.8 Å². The lowest BCUT2D eigenvalue weighted by atomic mass is 10.1. The molecule has 0 aliphatic heterocycles. The Morgan fingerprint density at radius 3 is 2.56 bits per heavy atom. The number of hydrogen-bond acceptors (Lipinski definition) is 2. The van der Waals surface area contributed by atoms with Crippen molar-refractivity contribution in [2.75, 3.05) is 12.9 Å². The molecule has 0 atom stereocenters. The summed E-state index contributed by atoms with van der Waals surface area (Å²) in [4.78, 5) is 13.9. The predicted molar refractivity (Wildman–Crippen MR) is 64.8 cm³/mol. The molecule has 0 spiro atoms. The van der Waals surface area contributed by atoms with Crippen LogP contribution in [-0.2, 0) is 7.05 Å². The minimum atomic E-state index is -0.360. The Morgan fingerprint density at radius 1 is 1.62 bits per heavy atom. The normalized spacial score (nSPS) is 11.6. The predicted octanol–water partition coefficient (Wildman–Crippen LogP) is 1.82. The van der Waals surface area contributed by atoms with Gasteiger partial charge in [-0.05, 0) is 20.8 Å². The van der Waals surface area contributed by atoms with Crippen molar-refractivity contribution in [2.45, 2.75) is 26.3 Å². The highest BCUT2D eigenvalue weighted by Crippen LogP contribution is 2.18. The van der Waals surface area contributed by atoms with E-state index < -0.39 is 0 Å². The zero-order valence-corrected chi connectivity index (χ0v) is 11.2. The molecule has 0 bridgehead atoms. The van der Waals surface area contributed by atoms with Crippen molar-refractivity contribution in [2.24, 2.45) is 7.05 Å². The molecule has 0 aromatic carbocycles. The van der Waals surface area contributed by atoms with Crippen LogP contribution >= 0.6 is 11.6 Å². The third kappa shape index (κ3) is 2.21. The molecule has 4 nitrogen and oxygen atoms in total. The molecular formula is C11H18ClN3O. The minimum absolute atomic E-state index is 0.0451. The molecule has 1 heterocycles. The van der Waals surface area contributed by atoms with Gasteiger partial charge in [0.05, 0.1) is 17.3 Å². The number of nitrogens with zero attached hydrogens (tertiary/aromatic N) is 3. The van der Waals surface area contributed by atoms with Crippen molar-refractivity contribution < 1.29 is 4.79 Å². The first-order valence-electron chi connectivity index (χ1n) is 5.14. The highest BCUT2D eigenvalue weighted by atomic mass is 35.5. The molecule has 1 aromatic rings. The van der Waals surface area contributed by atoms with Crippen LogP contribution in [0, 0.1) is 6.92 Å². The summed E-state index contributed by atoms with van der Waals surface area (Å²) >= 11 is 5.85. The van der Waals surface area contributed by atoms with Crippen molar-refractivity contribution in [1.82, 2.24) is 14.7 Å². The van der Waals surface area contributed by atoms with Gasteiger partial charge in [0.1, 0.15) is 0 Å². The van der Waals surface area contributed by atoms with Crippen LogP contribution < -0.4 is 0 Å².